The number of benzene rings is 2. The molecule has 0 bridgehead atoms. The molecule has 10 nitrogen and oxygen atoms in total. The van der Waals surface area contributed by atoms with Crippen molar-refractivity contribution in [2.24, 2.45) is 11.8 Å². The van der Waals surface area contributed by atoms with Crippen molar-refractivity contribution >= 4 is 11.8 Å². The van der Waals surface area contributed by atoms with Gasteiger partial charge >= 0.3 is 0 Å². The van der Waals surface area contributed by atoms with E-state index in [9.17, 15) is 9.59 Å². The number of likely N-dealkylation sites (N-methyl/N-ethyl adjacent to an activating group) is 2. The fourth-order valence-electron chi connectivity index (χ4n) is 9.78. The molecule has 1 aliphatic carbocycles. The number of H-pyrrole nitrogens is 2. The number of nitrogens with zero attached hydrogens (tertiary/aromatic N) is 6. The van der Waals surface area contributed by atoms with Gasteiger partial charge in [-0.3, -0.25) is 19.4 Å². The molecule has 0 radical (unpaired) electrons. The summed E-state index contributed by atoms with van der Waals surface area (Å²) in [6.45, 7) is 22.2. The van der Waals surface area contributed by atoms with Gasteiger partial charge in [0.1, 0.15) is 11.6 Å². The summed E-state index contributed by atoms with van der Waals surface area (Å²) in [6, 6.07) is 13.1. The minimum atomic E-state index is -0.118. The van der Waals surface area contributed by atoms with Gasteiger partial charge in [0.05, 0.1) is 47.9 Å². The van der Waals surface area contributed by atoms with Crippen LogP contribution >= 0.6 is 0 Å². The minimum absolute atomic E-state index is 0.0279. The van der Waals surface area contributed by atoms with Crippen molar-refractivity contribution in [3.63, 3.8) is 0 Å². The van der Waals surface area contributed by atoms with E-state index in [4.69, 9.17) is 9.97 Å². The second-order valence-electron chi connectivity index (χ2n) is 16.5. The van der Waals surface area contributed by atoms with Crippen LogP contribution in [0.1, 0.15) is 116 Å². The fraction of sp³-hybridized carbons (Fsp3) is 0.556. The van der Waals surface area contributed by atoms with Gasteiger partial charge < -0.3 is 19.8 Å². The zero-order valence-corrected chi connectivity index (χ0v) is 34.4. The third kappa shape index (κ3) is 7.40. The van der Waals surface area contributed by atoms with Crippen LogP contribution in [0.25, 0.3) is 33.6 Å². The molecule has 294 valence electrons. The number of rotatable bonds is 14. The molecule has 2 aliphatic heterocycles. The van der Waals surface area contributed by atoms with Gasteiger partial charge in [0.2, 0.25) is 11.8 Å². The molecule has 55 heavy (non-hydrogen) atoms. The molecule has 2 fully saturated rings. The number of aromatic amines is 2. The van der Waals surface area contributed by atoms with E-state index in [-0.39, 0.29) is 47.8 Å². The number of imidazole rings is 2. The van der Waals surface area contributed by atoms with E-state index in [1.807, 2.05) is 12.4 Å². The SMILES string of the molecule is CCN(CC)[C@H](C(=O)N1CCC[C@@H]1c1ncc(-c2ccc3c(c2)Cc2cc(-c4cnc([C@H]5CCCN5C(=O)[C@H](C(C)C)N(CC)CC)[nH]4)ccc2-3)[nH]1)C(C)C. The number of hydrogen-bond acceptors (Lipinski definition) is 6. The molecule has 2 amide bonds. The molecule has 2 saturated heterocycles. The Morgan fingerprint density at radius 1 is 0.673 bits per heavy atom. The maximum atomic E-state index is 14.0. The Bertz CT molecular complexity index is 1830. The van der Waals surface area contributed by atoms with Crippen LogP contribution in [-0.2, 0) is 16.0 Å². The summed E-state index contributed by atoms with van der Waals surface area (Å²) in [7, 11) is 0. The highest BCUT2D eigenvalue weighted by Crippen LogP contribution is 2.41. The molecule has 2 aromatic carbocycles. The van der Waals surface area contributed by atoms with Crippen molar-refractivity contribution < 1.29 is 9.59 Å². The first kappa shape index (κ1) is 39.0. The van der Waals surface area contributed by atoms with E-state index in [2.05, 4.69) is 121 Å². The van der Waals surface area contributed by atoms with Crippen molar-refractivity contribution in [3.8, 4) is 33.6 Å². The van der Waals surface area contributed by atoms with Crippen LogP contribution in [-0.4, -0.2) is 103 Å². The molecule has 4 atom stereocenters. The summed E-state index contributed by atoms with van der Waals surface area (Å²) in [4.78, 5) is 53.6. The lowest BCUT2D eigenvalue weighted by molar-refractivity contribution is -0.140. The van der Waals surface area contributed by atoms with E-state index in [1.165, 1.54) is 22.3 Å². The van der Waals surface area contributed by atoms with Crippen LogP contribution in [0, 0.1) is 11.8 Å². The number of carbonyl (C=O) groups excluding carboxylic acids is 2. The van der Waals surface area contributed by atoms with Gasteiger partial charge in [0, 0.05) is 13.1 Å². The van der Waals surface area contributed by atoms with E-state index in [0.29, 0.717) is 0 Å². The Balaban J connectivity index is 1.06. The lowest BCUT2D eigenvalue weighted by atomic mass is 10.00. The summed E-state index contributed by atoms with van der Waals surface area (Å²) >= 11 is 0. The normalized spacial score (nSPS) is 19.3. The van der Waals surface area contributed by atoms with Gasteiger partial charge in [-0.15, -0.1) is 0 Å². The predicted molar refractivity (Wildman–Crippen MR) is 220 cm³/mol. The molecule has 7 rings (SSSR count). The van der Waals surface area contributed by atoms with Gasteiger partial charge in [-0.1, -0.05) is 79.7 Å². The van der Waals surface area contributed by atoms with Gasteiger partial charge in [0.15, 0.2) is 0 Å². The van der Waals surface area contributed by atoms with Gasteiger partial charge in [0.25, 0.3) is 0 Å². The van der Waals surface area contributed by atoms with Crippen LogP contribution in [0.5, 0.6) is 0 Å². The van der Waals surface area contributed by atoms with Gasteiger partial charge in [-0.2, -0.15) is 0 Å². The van der Waals surface area contributed by atoms with Crippen molar-refractivity contribution in [1.82, 2.24) is 39.5 Å². The zero-order valence-electron chi connectivity index (χ0n) is 34.4. The van der Waals surface area contributed by atoms with Gasteiger partial charge in [-0.05, 0) is 116 Å². The molecule has 2 aromatic heterocycles. The van der Waals surface area contributed by atoms with Gasteiger partial charge in [-0.25, -0.2) is 9.97 Å². The van der Waals surface area contributed by atoms with E-state index < -0.39 is 0 Å². The van der Waals surface area contributed by atoms with E-state index >= 15 is 0 Å². The lowest BCUT2D eigenvalue weighted by Crippen LogP contribution is -2.51. The Labute approximate surface area is 328 Å². The topological polar surface area (TPSA) is 104 Å². The maximum Gasteiger partial charge on any atom is 0.240 e. The quantitative estimate of drug-likeness (QED) is 0.119. The first-order valence-electron chi connectivity index (χ1n) is 21.0. The number of hydrogen-bond donors (Lipinski definition) is 2. The summed E-state index contributed by atoms with van der Waals surface area (Å²) < 4.78 is 0. The van der Waals surface area contributed by atoms with E-state index in [1.54, 1.807) is 0 Å². The van der Waals surface area contributed by atoms with Crippen LogP contribution in [0.15, 0.2) is 48.8 Å². The third-order valence-corrected chi connectivity index (χ3v) is 12.6. The van der Waals surface area contributed by atoms with Crippen molar-refractivity contribution in [3.05, 3.63) is 71.6 Å². The molecule has 3 aliphatic rings. The summed E-state index contributed by atoms with van der Waals surface area (Å²) in [5.74, 6) is 2.69. The van der Waals surface area contributed by atoms with Crippen molar-refractivity contribution in [1.29, 1.82) is 0 Å². The fourth-order valence-corrected chi connectivity index (χ4v) is 9.78. The first-order chi connectivity index (χ1) is 26.6. The summed E-state index contributed by atoms with van der Waals surface area (Å²) in [6.07, 6.45) is 8.55. The largest absolute Gasteiger partial charge is 0.340 e. The highest BCUT2D eigenvalue weighted by atomic mass is 16.2. The number of amides is 2. The van der Waals surface area contributed by atoms with Crippen molar-refractivity contribution in [2.45, 2.75) is 112 Å². The third-order valence-electron chi connectivity index (χ3n) is 12.6. The van der Waals surface area contributed by atoms with E-state index in [0.717, 1.165) is 106 Å². The average Bonchev–Trinajstić information content (AvgIpc) is 4.02. The smallest absolute Gasteiger partial charge is 0.240 e. The summed E-state index contributed by atoms with van der Waals surface area (Å²) in [5, 5.41) is 0. The number of likely N-dealkylation sites (tertiary alicyclic amines) is 2. The maximum absolute atomic E-state index is 14.0. The highest BCUT2D eigenvalue weighted by molar-refractivity contribution is 5.84. The Hall–Kier alpha value is -4.28. The van der Waals surface area contributed by atoms with Crippen LogP contribution in [0.3, 0.4) is 0 Å². The zero-order chi connectivity index (χ0) is 39.0. The molecular formula is C45H62N8O2. The molecule has 0 spiro atoms. The number of nitrogens with one attached hydrogen (secondary N) is 2. The van der Waals surface area contributed by atoms with Crippen molar-refractivity contribution in [2.75, 3.05) is 39.3 Å². The van der Waals surface area contributed by atoms with Crippen LogP contribution in [0.4, 0.5) is 0 Å². The number of carbonyl (C=O) groups is 2. The molecule has 4 heterocycles. The molecule has 0 saturated carbocycles. The Morgan fingerprint density at radius 3 is 1.44 bits per heavy atom. The minimum Gasteiger partial charge on any atom is -0.340 e. The summed E-state index contributed by atoms with van der Waals surface area (Å²) in [5.41, 5.74) is 9.34. The van der Waals surface area contributed by atoms with Crippen LogP contribution in [0.2, 0.25) is 0 Å². The second-order valence-corrected chi connectivity index (χ2v) is 16.5. The number of aromatic nitrogens is 4. The molecular weight excluding hydrogens is 685 g/mol. The highest BCUT2D eigenvalue weighted by Gasteiger charge is 2.40. The average molecular weight is 747 g/mol. The number of fused-ring (bicyclic) bond motifs is 3. The molecule has 10 heteroatoms. The second kappa shape index (κ2) is 16.4. The molecule has 2 N–H and O–H groups in total. The van der Waals surface area contributed by atoms with Crippen LogP contribution < -0.4 is 0 Å². The monoisotopic (exact) mass is 746 g/mol. The Kier molecular flexibility index (Phi) is 11.7. The molecule has 0 unspecified atom stereocenters. The predicted octanol–water partition coefficient (Wildman–Crippen LogP) is 8.10. The standard InChI is InChI=1S/C45H62N8O2/c1-9-50(10-2)40(28(5)6)44(54)52-21-13-15-38(52)42-46-26-36(48-42)30-17-19-34-32(23-30)25-33-24-31(18-20-35(33)34)37-27-47-43(49-37)39-16-14-22-53(39)45(55)41(29(7)8)51(11-3)12-4/h17-20,23-24,26-29,38-41H,9-16,21-22,25H2,1-8H3,(H,46,48)(H,47,49)/t38-,39-,40+,41+/m1/s1. The first-order valence-corrected chi connectivity index (χ1v) is 21.0. The molecule has 4 aromatic rings. The lowest BCUT2D eigenvalue weighted by Gasteiger charge is -2.36. The Morgan fingerprint density at radius 2 is 1.07 bits per heavy atom.